The van der Waals surface area contributed by atoms with Crippen molar-refractivity contribution in [1.82, 2.24) is 4.57 Å². The number of carboxylic acids is 1. The number of carbonyl (C=O) groups is 2. The molecule has 1 fully saturated rings. The molecule has 1 aliphatic carbocycles. The topological polar surface area (TPSA) is 68.5 Å². The van der Waals surface area contributed by atoms with Crippen LogP contribution in [0, 0.1) is 12.8 Å². The molecule has 0 amide bonds. The smallest absolute Gasteiger partial charge is 0.311 e. The van der Waals surface area contributed by atoms with E-state index in [1.165, 1.54) is 7.11 Å². The second-order valence-corrected chi connectivity index (χ2v) is 8.85. The van der Waals surface area contributed by atoms with Gasteiger partial charge in [0.25, 0.3) is 5.91 Å². The van der Waals surface area contributed by atoms with Gasteiger partial charge in [-0.3, -0.25) is 14.2 Å². The number of rotatable bonds is 5. The van der Waals surface area contributed by atoms with Gasteiger partial charge in [-0.2, -0.15) is 0 Å². The molecule has 1 atom stereocenters. The van der Waals surface area contributed by atoms with Gasteiger partial charge in [0.2, 0.25) is 0 Å². The fourth-order valence-corrected chi connectivity index (χ4v) is 5.18. The molecule has 4 rings (SSSR count). The van der Waals surface area contributed by atoms with E-state index >= 15 is 0 Å². The van der Waals surface area contributed by atoms with E-state index in [9.17, 15) is 14.7 Å². The molecule has 1 saturated carbocycles. The molecule has 3 aromatic rings. The Bertz CT molecular complexity index is 1160. The maximum atomic E-state index is 13.5. The van der Waals surface area contributed by atoms with Crippen molar-refractivity contribution in [2.24, 2.45) is 5.92 Å². The third-order valence-corrected chi connectivity index (χ3v) is 6.82. The zero-order valence-corrected chi connectivity index (χ0v) is 18.8. The lowest BCUT2D eigenvalue weighted by Crippen LogP contribution is -2.21. The minimum atomic E-state index is -0.873. The van der Waals surface area contributed by atoms with Gasteiger partial charge in [0.15, 0.2) is 0 Å². The van der Waals surface area contributed by atoms with Crippen LogP contribution in [0.1, 0.15) is 53.2 Å². The third kappa shape index (κ3) is 3.81. The predicted octanol–water partition coefficient (Wildman–Crippen LogP) is 6.31. The Morgan fingerprint density at radius 3 is 2.35 bits per heavy atom. The van der Waals surface area contributed by atoms with Crippen LogP contribution in [0.2, 0.25) is 10.0 Å². The molecule has 1 unspecified atom stereocenters. The SMILES string of the molecule is COc1cc2c(C(C(=O)O)C3CCCC3)c(C)n(C(=O)c3ccc(Cl)cc3)c2cc1Cl. The van der Waals surface area contributed by atoms with E-state index in [1.807, 2.05) is 0 Å². The molecule has 1 aliphatic rings. The molecule has 0 spiro atoms. The highest BCUT2D eigenvalue weighted by Crippen LogP contribution is 2.44. The van der Waals surface area contributed by atoms with Crippen molar-refractivity contribution in [2.45, 2.75) is 38.5 Å². The van der Waals surface area contributed by atoms with Crippen molar-refractivity contribution in [3.8, 4) is 5.75 Å². The van der Waals surface area contributed by atoms with Crippen LogP contribution >= 0.6 is 23.2 Å². The molecular formula is C24H23Cl2NO4. The van der Waals surface area contributed by atoms with Crippen LogP contribution in [0.25, 0.3) is 10.9 Å². The summed E-state index contributed by atoms with van der Waals surface area (Å²) in [6, 6.07) is 10.1. The van der Waals surface area contributed by atoms with E-state index in [-0.39, 0.29) is 11.8 Å². The number of aliphatic carboxylic acids is 1. The van der Waals surface area contributed by atoms with Crippen LogP contribution in [0.5, 0.6) is 5.75 Å². The standard InChI is InChI=1S/C24H23Cl2NO4/c1-13-21(22(24(29)30)14-5-3-4-6-14)17-11-20(31-2)18(26)12-19(17)27(13)23(28)15-7-9-16(25)10-8-15/h7-12,14,22H,3-6H2,1-2H3,(H,29,30). The van der Waals surface area contributed by atoms with E-state index in [1.54, 1.807) is 47.9 Å². The van der Waals surface area contributed by atoms with Crippen molar-refractivity contribution in [3.05, 3.63) is 63.3 Å². The van der Waals surface area contributed by atoms with Crippen molar-refractivity contribution in [3.63, 3.8) is 0 Å². The molecule has 1 aromatic heterocycles. The Labute approximate surface area is 190 Å². The zero-order valence-electron chi connectivity index (χ0n) is 17.3. The second kappa shape index (κ2) is 8.56. The molecule has 31 heavy (non-hydrogen) atoms. The number of benzene rings is 2. The lowest BCUT2D eigenvalue weighted by Gasteiger charge is -2.20. The fourth-order valence-electron chi connectivity index (χ4n) is 4.82. The average molecular weight is 460 g/mol. The lowest BCUT2D eigenvalue weighted by molar-refractivity contribution is -0.140. The number of carboxylic acid groups (broad SMARTS) is 1. The van der Waals surface area contributed by atoms with Gasteiger partial charge in [0, 0.05) is 21.7 Å². The lowest BCUT2D eigenvalue weighted by atomic mass is 9.83. The molecule has 0 radical (unpaired) electrons. The largest absolute Gasteiger partial charge is 0.495 e. The number of nitrogens with zero attached hydrogens (tertiary/aromatic N) is 1. The second-order valence-electron chi connectivity index (χ2n) is 8.01. The number of hydrogen-bond acceptors (Lipinski definition) is 3. The number of aromatic nitrogens is 1. The summed E-state index contributed by atoms with van der Waals surface area (Å²) in [7, 11) is 1.51. The quantitative estimate of drug-likeness (QED) is 0.484. The van der Waals surface area contributed by atoms with Gasteiger partial charge in [0.1, 0.15) is 5.75 Å². The van der Waals surface area contributed by atoms with Crippen molar-refractivity contribution in [1.29, 1.82) is 0 Å². The van der Waals surface area contributed by atoms with Crippen molar-refractivity contribution >= 4 is 46.0 Å². The number of carbonyl (C=O) groups excluding carboxylic acids is 1. The van der Waals surface area contributed by atoms with Gasteiger partial charge in [-0.1, -0.05) is 36.0 Å². The Morgan fingerprint density at radius 2 is 1.77 bits per heavy atom. The summed E-state index contributed by atoms with van der Waals surface area (Å²) in [6.45, 7) is 1.80. The number of ether oxygens (including phenoxy) is 1. The predicted molar refractivity (Wildman–Crippen MR) is 122 cm³/mol. The summed E-state index contributed by atoms with van der Waals surface area (Å²) in [5, 5.41) is 11.8. The van der Waals surface area contributed by atoms with Gasteiger partial charge in [-0.15, -0.1) is 0 Å². The normalized spacial score (nSPS) is 15.4. The monoisotopic (exact) mass is 459 g/mol. The van der Waals surface area contributed by atoms with E-state index in [0.717, 1.165) is 25.7 Å². The minimum absolute atomic E-state index is 0.0301. The average Bonchev–Trinajstić information content (AvgIpc) is 3.35. The molecule has 7 heteroatoms. The minimum Gasteiger partial charge on any atom is -0.495 e. The highest BCUT2D eigenvalue weighted by Gasteiger charge is 2.36. The highest BCUT2D eigenvalue weighted by molar-refractivity contribution is 6.33. The summed E-state index contributed by atoms with van der Waals surface area (Å²) in [4.78, 5) is 25.9. The summed E-state index contributed by atoms with van der Waals surface area (Å²) in [5.41, 5.74) is 2.29. The van der Waals surface area contributed by atoms with E-state index in [0.29, 0.717) is 43.5 Å². The number of fused-ring (bicyclic) bond motifs is 1. The summed E-state index contributed by atoms with van der Waals surface area (Å²) >= 11 is 12.4. The Morgan fingerprint density at radius 1 is 1.13 bits per heavy atom. The Hall–Kier alpha value is -2.50. The molecular weight excluding hydrogens is 437 g/mol. The molecule has 2 aromatic carbocycles. The van der Waals surface area contributed by atoms with Crippen molar-refractivity contribution in [2.75, 3.05) is 7.11 Å². The fraction of sp³-hybridized carbons (Fsp3) is 0.333. The van der Waals surface area contributed by atoms with Crippen LogP contribution in [0.3, 0.4) is 0 Å². The van der Waals surface area contributed by atoms with Gasteiger partial charge >= 0.3 is 5.97 Å². The van der Waals surface area contributed by atoms with Gasteiger partial charge in [0.05, 0.1) is 23.6 Å². The van der Waals surface area contributed by atoms with Crippen LogP contribution in [0.15, 0.2) is 36.4 Å². The Balaban J connectivity index is 1.99. The molecule has 0 saturated heterocycles. The summed E-state index contributed by atoms with van der Waals surface area (Å²) in [5.74, 6) is -1.36. The number of methoxy groups -OCH3 is 1. The van der Waals surface area contributed by atoms with Gasteiger partial charge < -0.3 is 9.84 Å². The first-order chi connectivity index (χ1) is 14.8. The molecule has 162 valence electrons. The maximum Gasteiger partial charge on any atom is 0.311 e. The maximum absolute atomic E-state index is 13.5. The van der Waals surface area contributed by atoms with Crippen LogP contribution in [0.4, 0.5) is 0 Å². The van der Waals surface area contributed by atoms with Gasteiger partial charge in [-0.25, -0.2) is 0 Å². The van der Waals surface area contributed by atoms with Crippen LogP contribution in [-0.4, -0.2) is 28.7 Å². The summed E-state index contributed by atoms with van der Waals surface area (Å²) in [6.07, 6.45) is 3.76. The third-order valence-electron chi connectivity index (χ3n) is 6.27. The van der Waals surface area contributed by atoms with Crippen molar-refractivity contribution < 1.29 is 19.4 Å². The van der Waals surface area contributed by atoms with E-state index < -0.39 is 11.9 Å². The first-order valence-corrected chi connectivity index (χ1v) is 11.0. The Kier molecular flexibility index (Phi) is 6.00. The molecule has 1 N–H and O–H groups in total. The first kappa shape index (κ1) is 21.7. The highest BCUT2D eigenvalue weighted by atomic mass is 35.5. The van der Waals surface area contributed by atoms with E-state index in [4.69, 9.17) is 27.9 Å². The molecule has 5 nitrogen and oxygen atoms in total. The number of halogens is 2. The number of hydrogen-bond donors (Lipinski definition) is 1. The zero-order chi connectivity index (χ0) is 22.3. The molecule has 0 aliphatic heterocycles. The van der Waals surface area contributed by atoms with Gasteiger partial charge in [-0.05, 0) is 67.6 Å². The molecule has 1 heterocycles. The summed E-state index contributed by atoms with van der Waals surface area (Å²) < 4.78 is 6.95. The van der Waals surface area contributed by atoms with Crippen LogP contribution < -0.4 is 4.74 Å². The van der Waals surface area contributed by atoms with E-state index in [2.05, 4.69) is 0 Å². The molecule has 0 bridgehead atoms. The first-order valence-electron chi connectivity index (χ1n) is 10.2. The van der Waals surface area contributed by atoms with Crippen LogP contribution in [-0.2, 0) is 4.79 Å².